The first-order valence-electron chi connectivity index (χ1n) is 8.67. The van der Waals surface area contributed by atoms with Gasteiger partial charge < -0.3 is 14.3 Å². The van der Waals surface area contributed by atoms with E-state index in [0.717, 1.165) is 29.6 Å². The van der Waals surface area contributed by atoms with E-state index in [-0.39, 0.29) is 11.7 Å². The quantitative estimate of drug-likeness (QED) is 0.558. The Balaban J connectivity index is 1.53. The van der Waals surface area contributed by atoms with E-state index in [1.807, 2.05) is 22.9 Å². The van der Waals surface area contributed by atoms with Gasteiger partial charge in [0.25, 0.3) is 5.91 Å². The Morgan fingerprint density at radius 1 is 1.33 bits per heavy atom. The molecule has 0 fully saturated rings. The molecule has 1 N–H and O–H groups in total. The van der Waals surface area contributed by atoms with Crippen LogP contribution in [-0.4, -0.2) is 31.0 Å². The van der Waals surface area contributed by atoms with Crippen LogP contribution in [0.15, 0.2) is 45.5 Å². The Morgan fingerprint density at radius 2 is 2.22 bits per heavy atom. The third kappa shape index (κ3) is 3.31. The van der Waals surface area contributed by atoms with E-state index in [1.54, 1.807) is 19.1 Å². The minimum atomic E-state index is -0.460. The highest BCUT2D eigenvalue weighted by Gasteiger charge is 2.19. The predicted octanol–water partition coefficient (Wildman–Crippen LogP) is 2.98. The summed E-state index contributed by atoms with van der Waals surface area (Å²) >= 11 is 0. The van der Waals surface area contributed by atoms with Crippen LogP contribution in [0.25, 0.3) is 22.4 Å². The lowest BCUT2D eigenvalue weighted by atomic mass is 10.2. The minimum absolute atomic E-state index is 0.224. The molecule has 9 nitrogen and oxygen atoms in total. The molecular formula is C18H18N6O3. The van der Waals surface area contributed by atoms with Gasteiger partial charge in [-0.25, -0.2) is 4.68 Å². The molecule has 0 aliphatic carbocycles. The van der Waals surface area contributed by atoms with Gasteiger partial charge in [-0.3, -0.25) is 4.79 Å². The van der Waals surface area contributed by atoms with E-state index < -0.39 is 6.04 Å². The summed E-state index contributed by atoms with van der Waals surface area (Å²) in [5.41, 5.74) is 2.50. The van der Waals surface area contributed by atoms with Gasteiger partial charge in [-0.05, 0) is 43.7 Å². The van der Waals surface area contributed by atoms with Crippen molar-refractivity contribution in [3.8, 4) is 11.4 Å². The summed E-state index contributed by atoms with van der Waals surface area (Å²) in [5, 5.41) is 15.1. The molecule has 0 saturated heterocycles. The number of rotatable bonds is 6. The largest absolute Gasteiger partial charge is 0.459 e. The van der Waals surface area contributed by atoms with Crippen molar-refractivity contribution >= 4 is 16.9 Å². The summed E-state index contributed by atoms with van der Waals surface area (Å²) in [6.45, 7) is 4.67. The summed E-state index contributed by atoms with van der Waals surface area (Å²) in [6, 6.07) is 8.49. The molecule has 138 valence electrons. The molecule has 0 radical (unpaired) electrons. The lowest BCUT2D eigenvalue weighted by molar-refractivity contribution is 0.0904. The first-order chi connectivity index (χ1) is 13.2. The van der Waals surface area contributed by atoms with Crippen LogP contribution < -0.4 is 5.32 Å². The SMILES string of the molecule is CCCn1nnc2cc(-c3noc(C(C)NC(=O)c4ccco4)n3)ccc21. The van der Waals surface area contributed by atoms with Crippen molar-refractivity contribution in [2.45, 2.75) is 32.9 Å². The third-order valence-corrected chi connectivity index (χ3v) is 4.11. The topological polar surface area (TPSA) is 112 Å². The molecule has 0 bridgehead atoms. The summed E-state index contributed by atoms with van der Waals surface area (Å²) in [7, 11) is 0. The van der Waals surface area contributed by atoms with Crippen LogP contribution in [0.5, 0.6) is 0 Å². The number of nitrogens with one attached hydrogen (secondary N) is 1. The van der Waals surface area contributed by atoms with Gasteiger partial charge in [-0.1, -0.05) is 17.3 Å². The number of carbonyl (C=O) groups is 1. The molecule has 1 unspecified atom stereocenters. The van der Waals surface area contributed by atoms with Gasteiger partial charge >= 0.3 is 0 Å². The number of hydrogen-bond donors (Lipinski definition) is 1. The van der Waals surface area contributed by atoms with Gasteiger partial charge in [-0.2, -0.15) is 4.98 Å². The van der Waals surface area contributed by atoms with Crippen LogP contribution in [0.3, 0.4) is 0 Å². The highest BCUT2D eigenvalue weighted by molar-refractivity contribution is 5.91. The zero-order valence-electron chi connectivity index (χ0n) is 14.9. The van der Waals surface area contributed by atoms with E-state index in [4.69, 9.17) is 8.94 Å². The summed E-state index contributed by atoms with van der Waals surface area (Å²) in [4.78, 5) is 16.4. The van der Waals surface area contributed by atoms with E-state index in [1.165, 1.54) is 6.26 Å². The lowest BCUT2D eigenvalue weighted by Crippen LogP contribution is -2.26. The minimum Gasteiger partial charge on any atom is -0.459 e. The number of nitrogens with zero attached hydrogens (tertiary/aromatic N) is 5. The Morgan fingerprint density at radius 3 is 3.00 bits per heavy atom. The van der Waals surface area contributed by atoms with Crippen LogP contribution in [0, 0.1) is 0 Å². The number of amides is 1. The molecule has 1 aromatic carbocycles. The van der Waals surface area contributed by atoms with Crippen molar-refractivity contribution in [1.82, 2.24) is 30.5 Å². The smallest absolute Gasteiger partial charge is 0.287 e. The molecule has 0 aliphatic rings. The number of carbonyl (C=O) groups excluding carboxylic acids is 1. The van der Waals surface area contributed by atoms with Gasteiger partial charge in [0, 0.05) is 12.1 Å². The number of aryl methyl sites for hydroxylation is 1. The van der Waals surface area contributed by atoms with Crippen LogP contribution in [0.1, 0.15) is 42.8 Å². The average Bonchev–Trinajstić information content (AvgIpc) is 3.42. The van der Waals surface area contributed by atoms with Crippen molar-refractivity contribution in [1.29, 1.82) is 0 Å². The Bertz CT molecular complexity index is 1070. The maximum Gasteiger partial charge on any atom is 0.287 e. The molecule has 0 saturated carbocycles. The second-order valence-electron chi connectivity index (χ2n) is 6.14. The highest BCUT2D eigenvalue weighted by Crippen LogP contribution is 2.23. The number of fused-ring (bicyclic) bond motifs is 1. The zero-order valence-corrected chi connectivity index (χ0v) is 14.9. The van der Waals surface area contributed by atoms with E-state index in [9.17, 15) is 4.79 Å². The number of aromatic nitrogens is 5. The van der Waals surface area contributed by atoms with Gasteiger partial charge in [0.05, 0.1) is 11.8 Å². The highest BCUT2D eigenvalue weighted by atomic mass is 16.5. The summed E-state index contributed by atoms with van der Waals surface area (Å²) in [6.07, 6.45) is 2.42. The lowest BCUT2D eigenvalue weighted by Gasteiger charge is -2.07. The molecule has 27 heavy (non-hydrogen) atoms. The third-order valence-electron chi connectivity index (χ3n) is 4.11. The molecule has 1 amide bonds. The van der Waals surface area contributed by atoms with Crippen molar-refractivity contribution in [3.05, 3.63) is 48.2 Å². The van der Waals surface area contributed by atoms with Crippen molar-refractivity contribution in [2.24, 2.45) is 0 Å². The van der Waals surface area contributed by atoms with Crippen LogP contribution in [0.4, 0.5) is 0 Å². The Hall–Kier alpha value is -3.49. The zero-order chi connectivity index (χ0) is 18.8. The fraction of sp³-hybridized carbons (Fsp3) is 0.278. The summed E-state index contributed by atoms with van der Waals surface area (Å²) in [5.74, 6) is 0.610. The number of hydrogen-bond acceptors (Lipinski definition) is 7. The summed E-state index contributed by atoms with van der Waals surface area (Å²) < 4.78 is 12.2. The molecule has 3 heterocycles. The molecule has 3 aromatic heterocycles. The van der Waals surface area contributed by atoms with E-state index in [2.05, 4.69) is 32.7 Å². The molecule has 9 heteroatoms. The standard InChI is InChI=1S/C18H18N6O3/c1-3-8-24-14-7-6-12(10-13(14)21-23-24)16-20-18(27-22-16)11(2)19-17(25)15-5-4-9-26-15/h4-7,9-11H,3,8H2,1-2H3,(H,19,25). The van der Waals surface area contributed by atoms with Gasteiger partial charge in [0.2, 0.25) is 11.7 Å². The second-order valence-corrected chi connectivity index (χ2v) is 6.14. The van der Waals surface area contributed by atoms with Crippen molar-refractivity contribution in [3.63, 3.8) is 0 Å². The Labute approximate surface area is 154 Å². The van der Waals surface area contributed by atoms with Crippen LogP contribution >= 0.6 is 0 Å². The molecule has 1 atom stereocenters. The van der Waals surface area contributed by atoms with E-state index in [0.29, 0.717) is 11.7 Å². The van der Waals surface area contributed by atoms with E-state index >= 15 is 0 Å². The molecule has 0 spiro atoms. The maximum absolute atomic E-state index is 12.1. The fourth-order valence-corrected chi connectivity index (χ4v) is 2.75. The second kappa shape index (κ2) is 7.02. The van der Waals surface area contributed by atoms with Gasteiger partial charge in [0.1, 0.15) is 11.6 Å². The fourth-order valence-electron chi connectivity index (χ4n) is 2.75. The first-order valence-corrected chi connectivity index (χ1v) is 8.67. The van der Waals surface area contributed by atoms with Crippen LogP contribution in [0.2, 0.25) is 0 Å². The first kappa shape index (κ1) is 17.0. The van der Waals surface area contributed by atoms with Gasteiger partial charge in [0.15, 0.2) is 5.76 Å². The Kier molecular flexibility index (Phi) is 4.41. The monoisotopic (exact) mass is 366 g/mol. The normalized spacial score (nSPS) is 12.4. The molecular weight excluding hydrogens is 348 g/mol. The maximum atomic E-state index is 12.1. The molecule has 4 rings (SSSR count). The van der Waals surface area contributed by atoms with Crippen molar-refractivity contribution in [2.75, 3.05) is 0 Å². The number of benzene rings is 1. The van der Waals surface area contributed by atoms with Crippen LogP contribution in [-0.2, 0) is 6.54 Å². The number of furan rings is 1. The van der Waals surface area contributed by atoms with Crippen molar-refractivity contribution < 1.29 is 13.7 Å². The predicted molar refractivity (Wildman–Crippen MR) is 95.7 cm³/mol. The average molecular weight is 366 g/mol. The van der Waals surface area contributed by atoms with Gasteiger partial charge in [-0.15, -0.1) is 5.10 Å². The molecule has 4 aromatic rings. The molecule has 0 aliphatic heterocycles.